The van der Waals surface area contributed by atoms with Crippen LogP contribution in [0.3, 0.4) is 0 Å². The van der Waals surface area contributed by atoms with Gasteiger partial charge >= 0.3 is 11.9 Å². The number of benzene rings is 3. The lowest BCUT2D eigenvalue weighted by Crippen LogP contribution is -2.11. The van der Waals surface area contributed by atoms with Crippen LogP contribution in [0.4, 0.5) is 0 Å². The van der Waals surface area contributed by atoms with E-state index >= 15 is 0 Å². The van der Waals surface area contributed by atoms with Gasteiger partial charge in [-0.15, -0.1) is 0 Å². The van der Waals surface area contributed by atoms with E-state index in [1.54, 1.807) is 48.5 Å². The van der Waals surface area contributed by atoms with Crippen molar-refractivity contribution in [2.24, 2.45) is 5.92 Å². The molecule has 3 rings (SSSR count). The van der Waals surface area contributed by atoms with E-state index in [0.717, 1.165) is 18.9 Å². The second-order valence-electron chi connectivity index (χ2n) is 9.19. The Morgan fingerprint density at radius 2 is 1.28 bits per heavy atom. The molecular weight excluding hydrogens is 492 g/mol. The number of carbonyl (C=O) groups is 3. The van der Waals surface area contributed by atoms with Gasteiger partial charge in [0.05, 0.1) is 18.8 Å². The van der Waals surface area contributed by atoms with Crippen LogP contribution >= 0.6 is 0 Å². The van der Waals surface area contributed by atoms with Crippen LogP contribution in [0.5, 0.6) is 11.5 Å². The summed E-state index contributed by atoms with van der Waals surface area (Å²) in [7, 11) is 0. The molecule has 6 heteroatoms. The van der Waals surface area contributed by atoms with Crippen molar-refractivity contribution in [1.82, 2.24) is 0 Å². The molecule has 0 aliphatic rings. The molecule has 0 aliphatic heterocycles. The summed E-state index contributed by atoms with van der Waals surface area (Å²) in [5.74, 6) is 0.129. The second kappa shape index (κ2) is 16.6. The Labute approximate surface area is 231 Å². The molecule has 0 spiro atoms. The standard InChI is InChI=1S/C25H28O6.C8H10/c1-4-18(3)24(27)19-8-14-22(15-9-19)31-25(28)20-10-12-21(13-11-20)29-16-6-7-17-30-23(26)5-2;1-7-3-5-8(2)6-4-7/h5,8-15,18H,2,4,6-7,16-17H2,1,3H3;3-6H,1-2H3. The quantitative estimate of drug-likeness (QED) is 0.0802. The fourth-order valence-electron chi connectivity index (χ4n) is 3.27. The highest BCUT2D eigenvalue weighted by Crippen LogP contribution is 2.19. The largest absolute Gasteiger partial charge is 0.494 e. The number of hydrogen-bond acceptors (Lipinski definition) is 6. The Bertz CT molecular complexity index is 1170. The topological polar surface area (TPSA) is 78.9 Å². The molecular formula is C33H38O6. The first kappa shape index (κ1) is 31.0. The minimum atomic E-state index is -0.489. The first-order chi connectivity index (χ1) is 18.7. The SMILES string of the molecule is C=CC(=O)OCCCCOc1ccc(C(=O)Oc2ccc(C(=O)C(C)CC)cc2)cc1.Cc1ccc(C)cc1. The first-order valence-electron chi connectivity index (χ1n) is 13.1. The third kappa shape index (κ3) is 11.4. The average Bonchev–Trinajstić information content (AvgIpc) is 2.96. The zero-order valence-electron chi connectivity index (χ0n) is 23.3. The molecule has 1 atom stereocenters. The molecule has 0 heterocycles. The molecule has 0 radical (unpaired) electrons. The molecule has 0 bridgehead atoms. The molecule has 1 unspecified atom stereocenters. The van der Waals surface area contributed by atoms with Crippen LogP contribution in [0.15, 0.2) is 85.5 Å². The van der Waals surface area contributed by atoms with Crippen molar-refractivity contribution in [2.75, 3.05) is 13.2 Å². The van der Waals surface area contributed by atoms with Gasteiger partial charge in [-0.1, -0.05) is 55.8 Å². The highest BCUT2D eigenvalue weighted by atomic mass is 16.5. The van der Waals surface area contributed by atoms with Crippen LogP contribution in [0, 0.1) is 19.8 Å². The third-order valence-electron chi connectivity index (χ3n) is 5.94. The smallest absolute Gasteiger partial charge is 0.343 e. The minimum absolute atomic E-state index is 0.0380. The highest BCUT2D eigenvalue weighted by molar-refractivity contribution is 5.98. The Kier molecular flexibility index (Phi) is 13.2. The molecule has 0 fully saturated rings. The van der Waals surface area contributed by atoms with E-state index in [4.69, 9.17) is 14.2 Å². The number of esters is 2. The Morgan fingerprint density at radius 3 is 1.82 bits per heavy atom. The average molecular weight is 531 g/mol. The lowest BCUT2D eigenvalue weighted by molar-refractivity contribution is -0.137. The summed E-state index contributed by atoms with van der Waals surface area (Å²) in [6.45, 7) is 12.2. The zero-order valence-corrected chi connectivity index (χ0v) is 23.3. The first-order valence-corrected chi connectivity index (χ1v) is 13.1. The second-order valence-corrected chi connectivity index (χ2v) is 9.19. The van der Waals surface area contributed by atoms with Crippen molar-refractivity contribution in [3.05, 3.63) is 108 Å². The molecule has 206 valence electrons. The minimum Gasteiger partial charge on any atom is -0.494 e. The summed E-state index contributed by atoms with van der Waals surface area (Å²) in [5, 5.41) is 0. The third-order valence-corrected chi connectivity index (χ3v) is 5.94. The van der Waals surface area contributed by atoms with Crippen LogP contribution < -0.4 is 9.47 Å². The normalized spacial score (nSPS) is 10.9. The van der Waals surface area contributed by atoms with E-state index in [1.807, 2.05) is 13.8 Å². The van der Waals surface area contributed by atoms with E-state index in [0.29, 0.717) is 42.3 Å². The molecule has 0 aliphatic carbocycles. The van der Waals surface area contributed by atoms with Crippen molar-refractivity contribution in [3.8, 4) is 11.5 Å². The van der Waals surface area contributed by atoms with Gasteiger partial charge in [0, 0.05) is 17.6 Å². The number of aryl methyl sites for hydroxylation is 2. The number of hydrogen-bond donors (Lipinski definition) is 0. The fraction of sp³-hybridized carbons (Fsp3) is 0.303. The van der Waals surface area contributed by atoms with Crippen LogP contribution in [0.1, 0.15) is 65.0 Å². The Balaban J connectivity index is 0.000000568. The van der Waals surface area contributed by atoms with E-state index in [-0.39, 0.29) is 11.7 Å². The van der Waals surface area contributed by atoms with Gasteiger partial charge in [-0.05, 0) is 81.6 Å². The summed E-state index contributed by atoms with van der Waals surface area (Å²) >= 11 is 0. The van der Waals surface area contributed by atoms with Crippen molar-refractivity contribution in [2.45, 2.75) is 47.0 Å². The number of Topliss-reactive ketones (excluding diaryl/α,β-unsaturated/α-hetero) is 1. The molecule has 0 saturated carbocycles. The van der Waals surface area contributed by atoms with Crippen LogP contribution in [-0.2, 0) is 9.53 Å². The number of ether oxygens (including phenoxy) is 3. The Hall–Kier alpha value is -4.19. The van der Waals surface area contributed by atoms with Gasteiger partial charge in [0.1, 0.15) is 11.5 Å². The lowest BCUT2D eigenvalue weighted by atomic mass is 9.97. The van der Waals surface area contributed by atoms with Crippen molar-refractivity contribution in [1.29, 1.82) is 0 Å². The summed E-state index contributed by atoms with van der Waals surface area (Å²) in [6.07, 6.45) is 3.32. The zero-order chi connectivity index (χ0) is 28.6. The summed E-state index contributed by atoms with van der Waals surface area (Å²) in [6, 6.07) is 21.7. The van der Waals surface area contributed by atoms with Crippen molar-refractivity contribution >= 4 is 17.7 Å². The van der Waals surface area contributed by atoms with Gasteiger partial charge in [-0.3, -0.25) is 4.79 Å². The molecule has 0 saturated heterocycles. The monoisotopic (exact) mass is 530 g/mol. The number of rotatable bonds is 12. The molecule has 3 aromatic carbocycles. The number of unbranched alkanes of at least 4 members (excludes halogenated alkanes) is 1. The summed E-state index contributed by atoms with van der Waals surface area (Å²) in [4.78, 5) is 35.4. The maximum Gasteiger partial charge on any atom is 0.343 e. The van der Waals surface area contributed by atoms with Gasteiger partial charge < -0.3 is 14.2 Å². The van der Waals surface area contributed by atoms with Crippen molar-refractivity contribution in [3.63, 3.8) is 0 Å². The van der Waals surface area contributed by atoms with E-state index in [2.05, 4.69) is 44.7 Å². The van der Waals surface area contributed by atoms with Crippen LogP contribution in [-0.4, -0.2) is 30.9 Å². The highest BCUT2D eigenvalue weighted by Gasteiger charge is 2.14. The predicted molar refractivity (Wildman–Crippen MR) is 153 cm³/mol. The fourth-order valence-corrected chi connectivity index (χ4v) is 3.27. The van der Waals surface area contributed by atoms with E-state index < -0.39 is 11.9 Å². The Morgan fingerprint density at radius 1 is 0.769 bits per heavy atom. The van der Waals surface area contributed by atoms with E-state index in [1.165, 1.54) is 11.1 Å². The number of ketones is 1. The molecule has 39 heavy (non-hydrogen) atoms. The molecule has 0 N–H and O–H groups in total. The maximum absolute atomic E-state index is 12.3. The molecule has 3 aromatic rings. The van der Waals surface area contributed by atoms with Gasteiger partial charge in [-0.25, -0.2) is 9.59 Å². The van der Waals surface area contributed by atoms with E-state index in [9.17, 15) is 14.4 Å². The summed E-state index contributed by atoms with van der Waals surface area (Å²) in [5.41, 5.74) is 3.66. The maximum atomic E-state index is 12.3. The molecule has 0 amide bonds. The number of carbonyl (C=O) groups excluding carboxylic acids is 3. The lowest BCUT2D eigenvalue weighted by Gasteiger charge is -2.09. The van der Waals surface area contributed by atoms with Gasteiger partial charge in [0.2, 0.25) is 0 Å². The van der Waals surface area contributed by atoms with Crippen LogP contribution in [0.2, 0.25) is 0 Å². The molecule has 6 nitrogen and oxygen atoms in total. The van der Waals surface area contributed by atoms with Gasteiger partial charge in [-0.2, -0.15) is 0 Å². The molecule has 0 aromatic heterocycles. The van der Waals surface area contributed by atoms with Crippen molar-refractivity contribution < 1.29 is 28.6 Å². The summed E-state index contributed by atoms with van der Waals surface area (Å²) < 4.78 is 15.9. The van der Waals surface area contributed by atoms with Gasteiger partial charge in [0.25, 0.3) is 0 Å². The van der Waals surface area contributed by atoms with Gasteiger partial charge in [0.15, 0.2) is 5.78 Å². The van der Waals surface area contributed by atoms with Crippen LogP contribution in [0.25, 0.3) is 0 Å². The predicted octanol–water partition coefficient (Wildman–Crippen LogP) is 7.33.